The molecular formula is C6H16NO4P. The quantitative estimate of drug-likeness (QED) is 0.383. The predicted octanol–water partition coefficient (Wildman–Crippen LogP) is 1.84. The SMILES string of the molecule is CCCCOP(=O)(ON)OCC. The summed E-state index contributed by atoms with van der Waals surface area (Å²) in [5, 5.41) is 0. The zero-order valence-electron chi connectivity index (χ0n) is 7.49. The van der Waals surface area contributed by atoms with E-state index in [2.05, 4.69) is 4.62 Å². The van der Waals surface area contributed by atoms with Crippen LogP contribution in [-0.2, 0) is 18.2 Å². The molecule has 0 radical (unpaired) electrons. The van der Waals surface area contributed by atoms with E-state index in [1.165, 1.54) is 0 Å². The minimum absolute atomic E-state index is 0.251. The third-order valence-corrected chi connectivity index (χ3v) is 2.50. The Morgan fingerprint density at radius 1 is 1.33 bits per heavy atom. The van der Waals surface area contributed by atoms with Gasteiger partial charge in [0.1, 0.15) is 0 Å². The first-order valence-corrected chi connectivity index (χ1v) is 5.42. The van der Waals surface area contributed by atoms with Crippen molar-refractivity contribution in [3.63, 3.8) is 0 Å². The van der Waals surface area contributed by atoms with Crippen LogP contribution in [0.5, 0.6) is 0 Å². The summed E-state index contributed by atoms with van der Waals surface area (Å²) in [5.74, 6) is 4.76. The molecular weight excluding hydrogens is 181 g/mol. The van der Waals surface area contributed by atoms with Gasteiger partial charge in [-0.25, -0.2) is 15.1 Å². The second-order valence-electron chi connectivity index (χ2n) is 2.16. The fraction of sp³-hybridized carbons (Fsp3) is 1.00. The second kappa shape index (κ2) is 6.57. The summed E-state index contributed by atoms with van der Waals surface area (Å²) >= 11 is 0. The maximum Gasteiger partial charge on any atom is 0.491 e. The minimum atomic E-state index is -3.45. The van der Waals surface area contributed by atoms with Gasteiger partial charge in [0.15, 0.2) is 0 Å². The average molecular weight is 197 g/mol. The lowest BCUT2D eigenvalue weighted by atomic mass is 10.4. The fourth-order valence-corrected chi connectivity index (χ4v) is 1.44. The summed E-state index contributed by atoms with van der Waals surface area (Å²) in [5.41, 5.74) is 0. The molecule has 0 aliphatic heterocycles. The lowest BCUT2D eigenvalue weighted by molar-refractivity contribution is 0.117. The molecule has 0 amide bonds. The molecule has 0 rings (SSSR count). The molecule has 1 unspecified atom stereocenters. The molecule has 0 heterocycles. The van der Waals surface area contributed by atoms with E-state index < -0.39 is 7.82 Å². The molecule has 0 aromatic rings. The Hall–Kier alpha value is 0.0700. The monoisotopic (exact) mass is 197 g/mol. The molecule has 5 nitrogen and oxygen atoms in total. The fourth-order valence-electron chi connectivity index (χ4n) is 0.577. The van der Waals surface area contributed by atoms with Crippen LogP contribution in [-0.4, -0.2) is 13.2 Å². The first kappa shape index (κ1) is 12.1. The van der Waals surface area contributed by atoms with Crippen molar-refractivity contribution in [2.75, 3.05) is 13.2 Å². The summed E-state index contributed by atoms with van der Waals surface area (Å²) in [6.45, 7) is 4.28. The molecule has 0 aliphatic carbocycles. The number of phosphoric ester groups is 1. The Labute approximate surface area is 72.7 Å². The number of phosphoric acid groups is 1. The highest BCUT2D eigenvalue weighted by Gasteiger charge is 2.24. The highest BCUT2D eigenvalue weighted by molar-refractivity contribution is 7.48. The van der Waals surface area contributed by atoms with Crippen molar-refractivity contribution in [2.45, 2.75) is 26.7 Å². The number of hydrogen-bond donors (Lipinski definition) is 1. The van der Waals surface area contributed by atoms with Crippen molar-refractivity contribution >= 4 is 7.82 Å². The van der Waals surface area contributed by atoms with E-state index in [0.29, 0.717) is 6.61 Å². The van der Waals surface area contributed by atoms with E-state index in [-0.39, 0.29) is 6.61 Å². The minimum Gasteiger partial charge on any atom is -0.286 e. The first-order valence-electron chi connectivity index (χ1n) is 3.96. The summed E-state index contributed by atoms with van der Waals surface area (Å²) in [7, 11) is -3.45. The maximum atomic E-state index is 11.3. The summed E-state index contributed by atoms with van der Waals surface area (Å²) in [6.07, 6.45) is 1.76. The van der Waals surface area contributed by atoms with E-state index in [1.54, 1.807) is 6.92 Å². The Morgan fingerprint density at radius 3 is 2.42 bits per heavy atom. The summed E-state index contributed by atoms with van der Waals surface area (Å²) < 4.78 is 25.0. The van der Waals surface area contributed by atoms with E-state index in [4.69, 9.17) is 14.9 Å². The molecule has 0 aromatic heterocycles. The molecule has 0 bridgehead atoms. The van der Waals surface area contributed by atoms with Crippen LogP contribution >= 0.6 is 7.82 Å². The van der Waals surface area contributed by atoms with Gasteiger partial charge in [0.2, 0.25) is 0 Å². The summed E-state index contributed by atoms with van der Waals surface area (Å²) in [4.78, 5) is 0. The third-order valence-electron chi connectivity index (χ3n) is 1.16. The molecule has 0 aliphatic rings. The van der Waals surface area contributed by atoms with Crippen molar-refractivity contribution in [1.82, 2.24) is 0 Å². The van der Waals surface area contributed by atoms with Gasteiger partial charge in [0.25, 0.3) is 0 Å². The lowest BCUT2D eigenvalue weighted by Crippen LogP contribution is -2.05. The molecule has 6 heteroatoms. The van der Waals surface area contributed by atoms with E-state index >= 15 is 0 Å². The first-order chi connectivity index (χ1) is 5.68. The molecule has 0 saturated carbocycles. The lowest BCUT2D eigenvalue weighted by Gasteiger charge is -2.13. The maximum absolute atomic E-state index is 11.3. The van der Waals surface area contributed by atoms with Gasteiger partial charge < -0.3 is 0 Å². The largest absolute Gasteiger partial charge is 0.491 e. The molecule has 2 N–H and O–H groups in total. The van der Waals surface area contributed by atoms with Crippen molar-refractivity contribution in [3.05, 3.63) is 0 Å². The molecule has 12 heavy (non-hydrogen) atoms. The van der Waals surface area contributed by atoms with Gasteiger partial charge in [-0.05, 0) is 13.3 Å². The zero-order chi connectivity index (χ0) is 9.45. The van der Waals surface area contributed by atoms with Crippen molar-refractivity contribution < 1.29 is 18.2 Å². The third kappa shape index (κ3) is 4.85. The summed E-state index contributed by atoms with van der Waals surface area (Å²) in [6, 6.07) is 0. The topological polar surface area (TPSA) is 70.8 Å². The van der Waals surface area contributed by atoms with Gasteiger partial charge in [-0.2, -0.15) is 0 Å². The van der Waals surface area contributed by atoms with E-state index in [9.17, 15) is 4.57 Å². The van der Waals surface area contributed by atoms with Crippen LogP contribution in [0, 0.1) is 0 Å². The van der Waals surface area contributed by atoms with Gasteiger partial charge >= 0.3 is 7.82 Å². The van der Waals surface area contributed by atoms with Gasteiger partial charge in [-0.15, -0.1) is 0 Å². The zero-order valence-corrected chi connectivity index (χ0v) is 8.38. The van der Waals surface area contributed by atoms with Crippen LogP contribution in [0.1, 0.15) is 26.7 Å². The van der Waals surface area contributed by atoms with Crippen LogP contribution in [0.3, 0.4) is 0 Å². The highest BCUT2D eigenvalue weighted by atomic mass is 31.2. The van der Waals surface area contributed by atoms with E-state index in [1.807, 2.05) is 6.92 Å². The Morgan fingerprint density at radius 2 is 2.00 bits per heavy atom. The molecule has 0 fully saturated rings. The molecule has 0 aromatic carbocycles. The second-order valence-corrected chi connectivity index (χ2v) is 3.78. The average Bonchev–Trinajstić information content (AvgIpc) is 2.06. The Bertz CT molecular complexity index is 152. The number of unbranched alkanes of at least 4 members (excludes halogenated alkanes) is 1. The molecule has 0 spiro atoms. The van der Waals surface area contributed by atoms with Crippen LogP contribution in [0.15, 0.2) is 0 Å². The number of hydrogen-bond acceptors (Lipinski definition) is 5. The van der Waals surface area contributed by atoms with Crippen LogP contribution in [0.4, 0.5) is 0 Å². The van der Waals surface area contributed by atoms with Crippen LogP contribution < -0.4 is 5.90 Å². The predicted molar refractivity (Wildman–Crippen MR) is 45.4 cm³/mol. The molecule has 74 valence electrons. The van der Waals surface area contributed by atoms with Gasteiger partial charge in [-0.1, -0.05) is 13.3 Å². The smallest absolute Gasteiger partial charge is 0.286 e. The van der Waals surface area contributed by atoms with E-state index in [0.717, 1.165) is 12.8 Å². The standard InChI is InChI=1S/C6H16NO4P/c1-3-5-6-10-12(8,11-7)9-4-2/h3-7H2,1-2H3. The molecule has 1 atom stereocenters. The highest BCUT2D eigenvalue weighted by Crippen LogP contribution is 2.47. The van der Waals surface area contributed by atoms with Gasteiger partial charge in [0, 0.05) is 0 Å². The van der Waals surface area contributed by atoms with Crippen molar-refractivity contribution in [1.29, 1.82) is 0 Å². The number of rotatable bonds is 7. The van der Waals surface area contributed by atoms with Crippen molar-refractivity contribution in [2.24, 2.45) is 5.90 Å². The molecule has 0 saturated heterocycles. The van der Waals surface area contributed by atoms with Crippen LogP contribution in [0.2, 0.25) is 0 Å². The van der Waals surface area contributed by atoms with Gasteiger partial charge in [0.05, 0.1) is 13.2 Å². The normalized spacial score (nSPS) is 15.9. The van der Waals surface area contributed by atoms with Crippen LogP contribution in [0.25, 0.3) is 0 Å². The Kier molecular flexibility index (Phi) is 6.61. The number of nitrogens with two attached hydrogens (primary N) is 1. The van der Waals surface area contributed by atoms with Gasteiger partial charge in [-0.3, -0.25) is 9.05 Å². The van der Waals surface area contributed by atoms with Crippen molar-refractivity contribution in [3.8, 4) is 0 Å². The Balaban J connectivity index is 3.72.